The number of aromatic nitrogens is 4. The van der Waals surface area contributed by atoms with E-state index in [9.17, 15) is 4.79 Å². The van der Waals surface area contributed by atoms with Gasteiger partial charge >= 0.3 is 6.03 Å². The molecule has 7 nitrogen and oxygen atoms in total. The standard InChI is InChI=1S/C16H15BrN6O/c1-11(12-3-2-4-13(17)9-12)19-16(24)20-14-5-7-15(8-6-14)23-10-18-21-22-23/h2-11H,1H3,(H2,19,20,24)/t11-/m1/s1. The number of hydrogen-bond donors (Lipinski definition) is 2. The third kappa shape index (κ3) is 3.96. The number of rotatable bonds is 4. The zero-order valence-corrected chi connectivity index (χ0v) is 14.4. The maximum absolute atomic E-state index is 12.1. The van der Waals surface area contributed by atoms with Crippen LogP contribution in [0.4, 0.5) is 10.5 Å². The Morgan fingerprint density at radius 2 is 2.00 bits per heavy atom. The number of anilines is 1. The van der Waals surface area contributed by atoms with Crippen LogP contribution in [0.5, 0.6) is 0 Å². The van der Waals surface area contributed by atoms with Crippen LogP contribution >= 0.6 is 15.9 Å². The van der Waals surface area contributed by atoms with Crippen molar-refractivity contribution in [3.63, 3.8) is 0 Å². The number of hydrogen-bond acceptors (Lipinski definition) is 4. The number of urea groups is 1. The van der Waals surface area contributed by atoms with Crippen molar-refractivity contribution < 1.29 is 4.79 Å². The Kier molecular flexibility index (Phi) is 4.85. The number of benzene rings is 2. The Bertz CT molecular complexity index is 819. The summed E-state index contributed by atoms with van der Waals surface area (Å²) in [6.07, 6.45) is 1.51. The molecule has 0 unspecified atom stereocenters. The molecular formula is C16H15BrN6O. The fourth-order valence-corrected chi connectivity index (χ4v) is 2.62. The minimum atomic E-state index is -0.266. The van der Waals surface area contributed by atoms with Gasteiger partial charge < -0.3 is 10.6 Å². The molecule has 1 aromatic heterocycles. The molecule has 2 N–H and O–H groups in total. The molecular weight excluding hydrogens is 372 g/mol. The van der Waals surface area contributed by atoms with Crippen LogP contribution in [0.1, 0.15) is 18.5 Å². The van der Waals surface area contributed by atoms with E-state index >= 15 is 0 Å². The van der Waals surface area contributed by atoms with Crippen LogP contribution in [-0.4, -0.2) is 26.2 Å². The van der Waals surface area contributed by atoms with Gasteiger partial charge in [-0.2, -0.15) is 0 Å². The van der Waals surface area contributed by atoms with E-state index in [1.165, 1.54) is 6.33 Å². The van der Waals surface area contributed by atoms with Crippen molar-refractivity contribution in [1.29, 1.82) is 0 Å². The molecule has 3 aromatic rings. The van der Waals surface area contributed by atoms with Gasteiger partial charge in [0, 0.05) is 10.2 Å². The molecule has 2 amide bonds. The molecule has 0 aliphatic rings. The number of halogens is 1. The van der Waals surface area contributed by atoms with Gasteiger partial charge in [-0.3, -0.25) is 0 Å². The highest BCUT2D eigenvalue weighted by molar-refractivity contribution is 9.10. The van der Waals surface area contributed by atoms with E-state index in [-0.39, 0.29) is 12.1 Å². The normalized spacial score (nSPS) is 11.8. The summed E-state index contributed by atoms with van der Waals surface area (Å²) in [5.41, 5.74) is 2.52. The topological polar surface area (TPSA) is 84.7 Å². The van der Waals surface area contributed by atoms with Gasteiger partial charge in [-0.25, -0.2) is 9.48 Å². The quantitative estimate of drug-likeness (QED) is 0.720. The zero-order valence-electron chi connectivity index (χ0n) is 12.8. The average molecular weight is 387 g/mol. The van der Waals surface area contributed by atoms with Gasteiger partial charge in [-0.15, -0.1) is 5.10 Å². The predicted molar refractivity (Wildman–Crippen MR) is 93.9 cm³/mol. The van der Waals surface area contributed by atoms with E-state index in [2.05, 4.69) is 42.1 Å². The van der Waals surface area contributed by atoms with E-state index < -0.39 is 0 Å². The Morgan fingerprint density at radius 3 is 2.67 bits per heavy atom. The first-order valence-corrected chi connectivity index (χ1v) is 8.07. The molecule has 0 radical (unpaired) electrons. The Morgan fingerprint density at radius 1 is 1.21 bits per heavy atom. The molecule has 24 heavy (non-hydrogen) atoms. The molecule has 8 heteroatoms. The SMILES string of the molecule is C[C@@H](NC(=O)Nc1ccc(-n2cnnn2)cc1)c1cccc(Br)c1. The van der Waals surface area contributed by atoms with Crippen LogP contribution in [-0.2, 0) is 0 Å². The first kappa shape index (κ1) is 16.1. The number of tetrazole rings is 1. The van der Waals surface area contributed by atoms with Crippen molar-refractivity contribution >= 4 is 27.6 Å². The second-order valence-corrected chi connectivity index (χ2v) is 6.09. The van der Waals surface area contributed by atoms with Gasteiger partial charge in [-0.1, -0.05) is 28.1 Å². The molecule has 122 valence electrons. The monoisotopic (exact) mass is 386 g/mol. The fraction of sp³-hybridized carbons (Fsp3) is 0.125. The lowest BCUT2D eigenvalue weighted by Crippen LogP contribution is -2.31. The predicted octanol–water partition coefficient (Wildman–Crippen LogP) is 3.31. The highest BCUT2D eigenvalue weighted by Crippen LogP contribution is 2.18. The summed E-state index contributed by atoms with van der Waals surface area (Å²) in [5, 5.41) is 16.7. The van der Waals surface area contributed by atoms with Crippen molar-refractivity contribution in [3.05, 3.63) is 64.9 Å². The van der Waals surface area contributed by atoms with Crippen LogP contribution < -0.4 is 10.6 Å². The van der Waals surface area contributed by atoms with Crippen molar-refractivity contribution in [2.75, 3.05) is 5.32 Å². The number of amides is 2. The lowest BCUT2D eigenvalue weighted by atomic mass is 10.1. The number of carbonyl (C=O) groups excluding carboxylic acids is 1. The van der Waals surface area contributed by atoms with Crippen LogP contribution in [0.3, 0.4) is 0 Å². The fourth-order valence-electron chi connectivity index (χ4n) is 2.20. The molecule has 1 atom stereocenters. The highest BCUT2D eigenvalue weighted by Gasteiger charge is 2.10. The van der Waals surface area contributed by atoms with Gasteiger partial charge in [0.25, 0.3) is 0 Å². The van der Waals surface area contributed by atoms with Crippen molar-refractivity contribution in [2.45, 2.75) is 13.0 Å². The Labute approximate surface area is 147 Å². The first-order valence-electron chi connectivity index (χ1n) is 7.28. The molecule has 0 aliphatic heterocycles. The summed E-state index contributed by atoms with van der Waals surface area (Å²) in [6.45, 7) is 1.93. The molecule has 0 saturated heterocycles. The lowest BCUT2D eigenvalue weighted by molar-refractivity contribution is 0.249. The first-order chi connectivity index (χ1) is 11.6. The van der Waals surface area contributed by atoms with E-state index in [1.807, 2.05) is 43.3 Å². The van der Waals surface area contributed by atoms with Crippen LogP contribution in [0.25, 0.3) is 5.69 Å². The summed E-state index contributed by atoms with van der Waals surface area (Å²) in [5.74, 6) is 0. The zero-order chi connectivity index (χ0) is 16.9. The summed E-state index contributed by atoms with van der Waals surface area (Å²) < 4.78 is 2.52. The minimum Gasteiger partial charge on any atom is -0.331 e. The van der Waals surface area contributed by atoms with Crippen LogP contribution in [0, 0.1) is 0 Å². The molecule has 0 saturated carbocycles. The molecule has 0 aliphatic carbocycles. The van der Waals surface area contributed by atoms with Crippen molar-refractivity contribution in [3.8, 4) is 5.69 Å². The van der Waals surface area contributed by atoms with Gasteiger partial charge in [0.2, 0.25) is 0 Å². The van der Waals surface area contributed by atoms with E-state index in [4.69, 9.17) is 0 Å². The second kappa shape index (κ2) is 7.22. The van der Waals surface area contributed by atoms with Crippen LogP contribution in [0.15, 0.2) is 59.3 Å². The summed E-state index contributed by atoms with van der Waals surface area (Å²) in [7, 11) is 0. The third-order valence-corrected chi connectivity index (χ3v) is 3.93. The highest BCUT2D eigenvalue weighted by atomic mass is 79.9. The molecule has 3 rings (SSSR count). The average Bonchev–Trinajstić information content (AvgIpc) is 3.10. The lowest BCUT2D eigenvalue weighted by Gasteiger charge is -2.15. The maximum Gasteiger partial charge on any atom is 0.319 e. The minimum absolute atomic E-state index is 0.108. The van der Waals surface area contributed by atoms with Crippen molar-refractivity contribution in [2.24, 2.45) is 0 Å². The maximum atomic E-state index is 12.1. The molecule has 0 fully saturated rings. The van der Waals surface area contributed by atoms with Crippen molar-refractivity contribution in [1.82, 2.24) is 25.5 Å². The Balaban J connectivity index is 1.60. The van der Waals surface area contributed by atoms with E-state index in [0.717, 1.165) is 15.7 Å². The number of nitrogens with zero attached hydrogens (tertiary/aromatic N) is 4. The van der Waals surface area contributed by atoms with E-state index in [0.29, 0.717) is 5.69 Å². The molecule has 2 aromatic carbocycles. The molecule has 1 heterocycles. The molecule has 0 bridgehead atoms. The molecule has 0 spiro atoms. The Hall–Kier alpha value is -2.74. The van der Waals surface area contributed by atoms with Gasteiger partial charge in [0.15, 0.2) is 0 Å². The van der Waals surface area contributed by atoms with Crippen LogP contribution in [0.2, 0.25) is 0 Å². The number of carbonyl (C=O) groups is 1. The summed E-state index contributed by atoms with van der Waals surface area (Å²) in [4.78, 5) is 12.1. The van der Waals surface area contributed by atoms with Gasteiger partial charge in [-0.05, 0) is 59.3 Å². The third-order valence-electron chi connectivity index (χ3n) is 3.44. The van der Waals surface area contributed by atoms with Gasteiger partial charge in [0.05, 0.1) is 11.7 Å². The summed E-state index contributed by atoms with van der Waals surface area (Å²) in [6, 6.07) is 14.7. The van der Waals surface area contributed by atoms with Gasteiger partial charge in [0.1, 0.15) is 6.33 Å². The smallest absolute Gasteiger partial charge is 0.319 e. The number of nitrogens with one attached hydrogen (secondary N) is 2. The second-order valence-electron chi connectivity index (χ2n) is 5.18. The largest absolute Gasteiger partial charge is 0.331 e. The summed E-state index contributed by atoms with van der Waals surface area (Å²) >= 11 is 3.43. The van der Waals surface area contributed by atoms with E-state index in [1.54, 1.807) is 16.8 Å².